The maximum atomic E-state index is 12.0. The van der Waals surface area contributed by atoms with Crippen LogP contribution >= 0.6 is 0 Å². The third-order valence-corrected chi connectivity index (χ3v) is 3.27. The van der Waals surface area contributed by atoms with Crippen molar-refractivity contribution in [3.05, 3.63) is 47.8 Å². The fraction of sp³-hybridized carbons (Fsp3) is 0.333. The summed E-state index contributed by atoms with van der Waals surface area (Å²) in [6, 6.07) is 9.63. The smallest absolute Gasteiger partial charge is 0.251 e. The SMILES string of the molecule is CNC(C)CNC(=O)c1ccc(-n2nccc2C)cc1. The molecule has 0 aliphatic rings. The Balaban J connectivity index is 2.05. The molecule has 2 rings (SSSR count). The van der Waals surface area contributed by atoms with Crippen molar-refractivity contribution in [1.29, 1.82) is 0 Å². The van der Waals surface area contributed by atoms with Crippen LogP contribution < -0.4 is 10.6 Å². The lowest BCUT2D eigenvalue weighted by Gasteiger charge is -2.11. The van der Waals surface area contributed by atoms with Gasteiger partial charge in [-0.25, -0.2) is 4.68 Å². The highest BCUT2D eigenvalue weighted by molar-refractivity contribution is 5.94. The molecule has 5 nitrogen and oxygen atoms in total. The number of rotatable bonds is 5. The average Bonchev–Trinajstić information content (AvgIpc) is 2.90. The van der Waals surface area contributed by atoms with Crippen LogP contribution in [0.25, 0.3) is 5.69 Å². The van der Waals surface area contributed by atoms with Crippen molar-refractivity contribution in [3.8, 4) is 5.69 Å². The van der Waals surface area contributed by atoms with Gasteiger partial charge < -0.3 is 10.6 Å². The van der Waals surface area contributed by atoms with Gasteiger partial charge in [-0.05, 0) is 51.2 Å². The van der Waals surface area contributed by atoms with Gasteiger partial charge in [-0.2, -0.15) is 5.10 Å². The van der Waals surface area contributed by atoms with Crippen molar-refractivity contribution in [1.82, 2.24) is 20.4 Å². The molecule has 2 aromatic rings. The maximum absolute atomic E-state index is 12.0. The summed E-state index contributed by atoms with van der Waals surface area (Å²) in [5, 5.41) is 10.2. The second-order valence-electron chi connectivity index (χ2n) is 4.83. The van der Waals surface area contributed by atoms with Gasteiger partial charge in [0.15, 0.2) is 0 Å². The number of aromatic nitrogens is 2. The van der Waals surface area contributed by atoms with Crippen LogP contribution in [-0.4, -0.2) is 35.3 Å². The Morgan fingerprint density at radius 1 is 1.30 bits per heavy atom. The van der Waals surface area contributed by atoms with Gasteiger partial charge in [-0.3, -0.25) is 4.79 Å². The van der Waals surface area contributed by atoms with E-state index < -0.39 is 0 Å². The van der Waals surface area contributed by atoms with E-state index in [1.807, 2.05) is 55.9 Å². The van der Waals surface area contributed by atoms with Gasteiger partial charge in [0.25, 0.3) is 5.91 Å². The summed E-state index contributed by atoms with van der Waals surface area (Å²) in [5.74, 6) is -0.0594. The molecule has 5 heteroatoms. The van der Waals surface area contributed by atoms with Crippen LogP contribution in [0.2, 0.25) is 0 Å². The molecule has 0 aliphatic carbocycles. The summed E-state index contributed by atoms with van der Waals surface area (Å²) >= 11 is 0. The zero-order valence-corrected chi connectivity index (χ0v) is 12.1. The minimum Gasteiger partial charge on any atom is -0.350 e. The fourth-order valence-corrected chi connectivity index (χ4v) is 1.84. The predicted octanol–water partition coefficient (Wildman–Crippen LogP) is 1.52. The molecule has 20 heavy (non-hydrogen) atoms. The van der Waals surface area contributed by atoms with Crippen LogP contribution in [0.1, 0.15) is 23.0 Å². The normalized spacial score (nSPS) is 12.2. The highest BCUT2D eigenvalue weighted by Crippen LogP contribution is 2.11. The number of nitrogens with zero attached hydrogens (tertiary/aromatic N) is 2. The Labute approximate surface area is 119 Å². The number of nitrogens with one attached hydrogen (secondary N) is 2. The Morgan fingerprint density at radius 3 is 2.55 bits per heavy atom. The lowest BCUT2D eigenvalue weighted by atomic mass is 10.2. The van der Waals surface area contributed by atoms with Crippen molar-refractivity contribution in [3.63, 3.8) is 0 Å². The summed E-state index contributed by atoms with van der Waals surface area (Å²) in [6.07, 6.45) is 1.76. The van der Waals surface area contributed by atoms with Crippen molar-refractivity contribution in [2.75, 3.05) is 13.6 Å². The molecule has 0 spiro atoms. The number of benzene rings is 1. The molecule has 106 valence electrons. The Bertz CT molecular complexity index is 574. The molecule has 1 amide bonds. The highest BCUT2D eigenvalue weighted by Gasteiger charge is 2.07. The molecule has 0 saturated heterocycles. The summed E-state index contributed by atoms with van der Waals surface area (Å²) in [4.78, 5) is 12.0. The first kappa shape index (κ1) is 14.3. The summed E-state index contributed by atoms with van der Waals surface area (Å²) < 4.78 is 1.84. The number of amides is 1. The zero-order chi connectivity index (χ0) is 14.5. The minimum atomic E-state index is -0.0594. The number of hydrogen-bond acceptors (Lipinski definition) is 3. The van der Waals surface area contributed by atoms with Gasteiger partial charge in [0.1, 0.15) is 0 Å². The van der Waals surface area contributed by atoms with Crippen molar-refractivity contribution >= 4 is 5.91 Å². The van der Waals surface area contributed by atoms with E-state index in [0.29, 0.717) is 12.1 Å². The van der Waals surface area contributed by atoms with Gasteiger partial charge in [-0.1, -0.05) is 0 Å². The van der Waals surface area contributed by atoms with Crippen molar-refractivity contribution < 1.29 is 4.79 Å². The zero-order valence-electron chi connectivity index (χ0n) is 12.1. The minimum absolute atomic E-state index is 0.0594. The Morgan fingerprint density at radius 2 is 2.00 bits per heavy atom. The Kier molecular flexibility index (Phi) is 4.53. The van der Waals surface area contributed by atoms with Crippen LogP contribution in [0.15, 0.2) is 36.5 Å². The van der Waals surface area contributed by atoms with Crippen LogP contribution in [-0.2, 0) is 0 Å². The van der Waals surface area contributed by atoms with Crippen LogP contribution in [0.3, 0.4) is 0 Å². The molecule has 1 atom stereocenters. The lowest BCUT2D eigenvalue weighted by molar-refractivity contribution is 0.0950. The van der Waals surface area contributed by atoms with Crippen molar-refractivity contribution in [2.45, 2.75) is 19.9 Å². The third kappa shape index (κ3) is 3.24. The van der Waals surface area contributed by atoms with Crippen LogP contribution in [0.5, 0.6) is 0 Å². The Hall–Kier alpha value is -2.14. The average molecular weight is 272 g/mol. The van der Waals surface area contributed by atoms with Gasteiger partial charge in [-0.15, -0.1) is 0 Å². The second-order valence-corrected chi connectivity index (χ2v) is 4.83. The summed E-state index contributed by atoms with van der Waals surface area (Å²) in [5.41, 5.74) is 2.67. The van der Waals surface area contributed by atoms with Crippen LogP contribution in [0.4, 0.5) is 0 Å². The lowest BCUT2D eigenvalue weighted by Crippen LogP contribution is -2.37. The van der Waals surface area contributed by atoms with E-state index in [0.717, 1.165) is 11.4 Å². The number of carbonyl (C=O) groups excluding carboxylic acids is 1. The number of carbonyl (C=O) groups is 1. The number of aryl methyl sites for hydroxylation is 1. The topological polar surface area (TPSA) is 58.9 Å². The van der Waals surface area contributed by atoms with E-state index in [-0.39, 0.29) is 11.9 Å². The first-order chi connectivity index (χ1) is 9.61. The molecule has 1 heterocycles. The van der Waals surface area contributed by atoms with Gasteiger partial charge in [0.2, 0.25) is 0 Å². The number of hydrogen-bond donors (Lipinski definition) is 2. The predicted molar refractivity (Wildman–Crippen MR) is 79.2 cm³/mol. The molecular formula is C15H20N4O. The van der Waals surface area contributed by atoms with E-state index in [2.05, 4.69) is 15.7 Å². The standard InChI is InChI=1S/C15H20N4O/c1-11(16-3)10-17-15(20)13-4-6-14(7-5-13)19-12(2)8-9-18-19/h4-9,11,16H,10H2,1-3H3,(H,17,20). The van der Waals surface area contributed by atoms with E-state index in [1.54, 1.807) is 6.20 Å². The molecule has 0 saturated carbocycles. The molecule has 1 aromatic heterocycles. The van der Waals surface area contributed by atoms with Gasteiger partial charge in [0.05, 0.1) is 5.69 Å². The molecule has 0 aliphatic heterocycles. The summed E-state index contributed by atoms with van der Waals surface area (Å²) in [7, 11) is 1.87. The third-order valence-electron chi connectivity index (χ3n) is 3.27. The van der Waals surface area contributed by atoms with Gasteiger partial charge in [0, 0.05) is 30.0 Å². The molecular weight excluding hydrogens is 252 g/mol. The first-order valence-electron chi connectivity index (χ1n) is 6.68. The largest absolute Gasteiger partial charge is 0.350 e. The van der Waals surface area contributed by atoms with E-state index >= 15 is 0 Å². The first-order valence-corrected chi connectivity index (χ1v) is 6.68. The quantitative estimate of drug-likeness (QED) is 0.867. The summed E-state index contributed by atoms with van der Waals surface area (Å²) in [6.45, 7) is 4.62. The van der Waals surface area contributed by atoms with E-state index in [1.165, 1.54) is 0 Å². The molecule has 1 aromatic carbocycles. The second kappa shape index (κ2) is 6.34. The van der Waals surface area contributed by atoms with Crippen molar-refractivity contribution in [2.24, 2.45) is 0 Å². The van der Waals surface area contributed by atoms with E-state index in [9.17, 15) is 4.79 Å². The van der Waals surface area contributed by atoms with E-state index in [4.69, 9.17) is 0 Å². The van der Waals surface area contributed by atoms with Crippen LogP contribution in [0, 0.1) is 6.92 Å². The molecule has 0 bridgehead atoms. The highest BCUT2D eigenvalue weighted by atomic mass is 16.1. The maximum Gasteiger partial charge on any atom is 0.251 e. The number of likely N-dealkylation sites (N-methyl/N-ethyl adjacent to an activating group) is 1. The molecule has 0 fully saturated rings. The molecule has 1 unspecified atom stereocenters. The monoisotopic (exact) mass is 272 g/mol. The fourth-order valence-electron chi connectivity index (χ4n) is 1.84. The molecule has 2 N–H and O–H groups in total. The van der Waals surface area contributed by atoms with Gasteiger partial charge >= 0.3 is 0 Å². The molecule has 0 radical (unpaired) electrons.